The SMILES string of the molecule is Cc1nc(COc2ccc(NC(=O)Nc3cccnc3)cc2)no1. The van der Waals surface area contributed by atoms with Crippen LogP contribution < -0.4 is 15.4 Å². The van der Waals surface area contributed by atoms with E-state index in [0.717, 1.165) is 0 Å². The summed E-state index contributed by atoms with van der Waals surface area (Å²) >= 11 is 0. The number of carbonyl (C=O) groups excluding carboxylic acids is 1. The monoisotopic (exact) mass is 325 g/mol. The van der Waals surface area contributed by atoms with Gasteiger partial charge in [0.1, 0.15) is 5.75 Å². The van der Waals surface area contributed by atoms with Crippen molar-refractivity contribution in [2.45, 2.75) is 13.5 Å². The van der Waals surface area contributed by atoms with E-state index in [1.54, 1.807) is 55.7 Å². The fourth-order valence-electron chi connectivity index (χ4n) is 1.91. The second kappa shape index (κ2) is 7.23. The number of hydrogen-bond acceptors (Lipinski definition) is 6. The van der Waals surface area contributed by atoms with Crippen molar-refractivity contribution in [3.63, 3.8) is 0 Å². The van der Waals surface area contributed by atoms with E-state index in [0.29, 0.717) is 28.8 Å². The van der Waals surface area contributed by atoms with Crippen LogP contribution >= 0.6 is 0 Å². The van der Waals surface area contributed by atoms with Crippen molar-refractivity contribution in [3.8, 4) is 5.75 Å². The molecule has 0 aliphatic heterocycles. The number of nitrogens with zero attached hydrogens (tertiary/aromatic N) is 3. The standard InChI is InChI=1S/C16H15N5O3/c1-11-18-15(21-24-11)10-23-14-6-4-12(5-7-14)19-16(22)20-13-3-2-8-17-9-13/h2-9H,10H2,1H3,(H2,19,20,22). The Morgan fingerprint density at radius 3 is 2.62 bits per heavy atom. The molecule has 0 saturated heterocycles. The van der Waals surface area contributed by atoms with E-state index in [9.17, 15) is 4.79 Å². The first-order valence-corrected chi connectivity index (χ1v) is 7.19. The molecule has 122 valence electrons. The van der Waals surface area contributed by atoms with Crippen molar-refractivity contribution < 1.29 is 14.1 Å². The summed E-state index contributed by atoms with van der Waals surface area (Å²) in [5.74, 6) is 1.61. The highest BCUT2D eigenvalue weighted by Crippen LogP contribution is 2.17. The van der Waals surface area contributed by atoms with Crippen LogP contribution in [0.2, 0.25) is 0 Å². The summed E-state index contributed by atoms with van der Waals surface area (Å²) in [7, 11) is 0. The molecule has 2 amide bonds. The molecule has 8 nitrogen and oxygen atoms in total. The summed E-state index contributed by atoms with van der Waals surface area (Å²) in [6.07, 6.45) is 3.20. The predicted molar refractivity (Wildman–Crippen MR) is 86.7 cm³/mol. The van der Waals surface area contributed by atoms with Crippen molar-refractivity contribution in [3.05, 3.63) is 60.5 Å². The summed E-state index contributed by atoms with van der Waals surface area (Å²) in [6, 6.07) is 10.1. The Hall–Kier alpha value is -3.42. The number of urea groups is 1. The van der Waals surface area contributed by atoms with Gasteiger partial charge in [-0.15, -0.1) is 0 Å². The van der Waals surface area contributed by atoms with E-state index < -0.39 is 0 Å². The Labute approximate surface area is 137 Å². The van der Waals surface area contributed by atoms with Gasteiger partial charge in [0.25, 0.3) is 0 Å². The lowest BCUT2D eigenvalue weighted by atomic mass is 10.3. The van der Waals surface area contributed by atoms with Crippen molar-refractivity contribution in [2.24, 2.45) is 0 Å². The van der Waals surface area contributed by atoms with Crippen LogP contribution in [0.25, 0.3) is 0 Å². The van der Waals surface area contributed by atoms with Gasteiger partial charge in [0.05, 0.1) is 11.9 Å². The molecule has 24 heavy (non-hydrogen) atoms. The molecule has 8 heteroatoms. The minimum absolute atomic E-state index is 0.214. The highest BCUT2D eigenvalue weighted by atomic mass is 16.5. The summed E-state index contributed by atoms with van der Waals surface area (Å²) in [5.41, 5.74) is 1.25. The lowest BCUT2D eigenvalue weighted by Crippen LogP contribution is -2.19. The fourth-order valence-corrected chi connectivity index (χ4v) is 1.91. The maximum Gasteiger partial charge on any atom is 0.323 e. The molecule has 0 aliphatic carbocycles. The lowest BCUT2D eigenvalue weighted by molar-refractivity contribution is 0.262. The summed E-state index contributed by atoms with van der Waals surface area (Å²) in [5, 5.41) is 9.15. The van der Waals surface area contributed by atoms with Gasteiger partial charge < -0.3 is 19.9 Å². The Bertz CT molecular complexity index is 802. The van der Waals surface area contributed by atoms with E-state index >= 15 is 0 Å². The van der Waals surface area contributed by atoms with Crippen molar-refractivity contribution in [1.29, 1.82) is 0 Å². The number of aromatic nitrogens is 3. The van der Waals surface area contributed by atoms with Crippen LogP contribution in [-0.4, -0.2) is 21.2 Å². The van der Waals surface area contributed by atoms with Gasteiger partial charge in [0.15, 0.2) is 6.61 Å². The fraction of sp³-hybridized carbons (Fsp3) is 0.125. The second-order valence-corrected chi connectivity index (χ2v) is 4.86. The average Bonchev–Trinajstić information content (AvgIpc) is 3.00. The van der Waals surface area contributed by atoms with Gasteiger partial charge in [-0.2, -0.15) is 4.98 Å². The van der Waals surface area contributed by atoms with Crippen LogP contribution in [-0.2, 0) is 6.61 Å². The molecule has 2 heterocycles. The van der Waals surface area contributed by atoms with Gasteiger partial charge in [0, 0.05) is 18.8 Å². The largest absolute Gasteiger partial charge is 0.485 e. The number of rotatable bonds is 5. The molecule has 0 spiro atoms. The number of amides is 2. The third-order valence-corrected chi connectivity index (χ3v) is 2.97. The van der Waals surface area contributed by atoms with E-state index in [1.807, 2.05) is 0 Å². The Morgan fingerprint density at radius 1 is 1.17 bits per heavy atom. The molecule has 2 N–H and O–H groups in total. The highest BCUT2D eigenvalue weighted by molar-refractivity contribution is 5.99. The minimum atomic E-state index is -0.348. The number of benzene rings is 1. The zero-order valence-corrected chi connectivity index (χ0v) is 12.9. The van der Waals surface area contributed by atoms with Gasteiger partial charge in [-0.05, 0) is 36.4 Å². The normalized spacial score (nSPS) is 10.2. The van der Waals surface area contributed by atoms with Crippen LogP contribution in [0, 0.1) is 6.92 Å². The van der Waals surface area contributed by atoms with Crippen LogP contribution in [0.15, 0.2) is 53.3 Å². The summed E-state index contributed by atoms with van der Waals surface area (Å²) in [6.45, 7) is 1.93. The summed E-state index contributed by atoms with van der Waals surface area (Å²) in [4.78, 5) is 19.8. The summed E-state index contributed by atoms with van der Waals surface area (Å²) < 4.78 is 10.4. The third-order valence-electron chi connectivity index (χ3n) is 2.97. The highest BCUT2D eigenvalue weighted by Gasteiger charge is 2.05. The number of anilines is 2. The van der Waals surface area contributed by atoms with E-state index in [-0.39, 0.29) is 12.6 Å². The first-order chi connectivity index (χ1) is 11.7. The van der Waals surface area contributed by atoms with Crippen LogP contribution in [0.1, 0.15) is 11.7 Å². The molecule has 0 fully saturated rings. The number of nitrogens with one attached hydrogen (secondary N) is 2. The first kappa shape index (κ1) is 15.5. The topological polar surface area (TPSA) is 102 Å². The average molecular weight is 325 g/mol. The van der Waals surface area contributed by atoms with E-state index in [2.05, 4.69) is 25.8 Å². The smallest absolute Gasteiger partial charge is 0.323 e. The molecule has 0 bridgehead atoms. The van der Waals surface area contributed by atoms with Crippen molar-refractivity contribution in [2.75, 3.05) is 10.6 Å². The van der Waals surface area contributed by atoms with E-state index in [1.165, 1.54) is 0 Å². The molecular weight excluding hydrogens is 310 g/mol. The molecular formula is C16H15N5O3. The van der Waals surface area contributed by atoms with Crippen LogP contribution in [0.5, 0.6) is 5.75 Å². The molecule has 0 radical (unpaired) electrons. The van der Waals surface area contributed by atoms with Crippen molar-refractivity contribution in [1.82, 2.24) is 15.1 Å². The molecule has 0 saturated carbocycles. The Balaban J connectivity index is 1.51. The number of ether oxygens (including phenoxy) is 1. The molecule has 3 aromatic rings. The zero-order valence-electron chi connectivity index (χ0n) is 12.9. The maximum atomic E-state index is 11.9. The zero-order chi connectivity index (χ0) is 16.8. The quantitative estimate of drug-likeness (QED) is 0.747. The van der Waals surface area contributed by atoms with Gasteiger partial charge >= 0.3 is 6.03 Å². The molecule has 3 rings (SSSR count). The van der Waals surface area contributed by atoms with Gasteiger partial charge in [-0.3, -0.25) is 4.98 Å². The van der Waals surface area contributed by atoms with Crippen LogP contribution in [0.3, 0.4) is 0 Å². The van der Waals surface area contributed by atoms with E-state index in [4.69, 9.17) is 9.26 Å². The minimum Gasteiger partial charge on any atom is -0.485 e. The number of pyridine rings is 1. The Kier molecular flexibility index (Phi) is 4.66. The lowest BCUT2D eigenvalue weighted by Gasteiger charge is -2.08. The molecule has 0 unspecified atom stereocenters. The van der Waals surface area contributed by atoms with Gasteiger partial charge in [-0.25, -0.2) is 4.79 Å². The number of hydrogen-bond donors (Lipinski definition) is 2. The molecule has 1 aromatic carbocycles. The predicted octanol–water partition coefficient (Wildman–Crippen LogP) is 3.00. The van der Waals surface area contributed by atoms with Gasteiger partial charge in [0.2, 0.25) is 11.7 Å². The van der Waals surface area contributed by atoms with Crippen molar-refractivity contribution >= 4 is 17.4 Å². The van der Waals surface area contributed by atoms with Gasteiger partial charge in [-0.1, -0.05) is 5.16 Å². The molecule has 2 aromatic heterocycles. The second-order valence-electron chi connectivity index (χ2n) is 4.86. The first-order valence-electron chi connectivity index (χ1n) is 7.19. The third kappa shape index (κ3) is 4.29. The van der Waals surface area contributed by atoms with Crippen LogP contribution in [0.4, 0.5) is 16.2 Å². The molecule has 0 aliphatic rings. The molecule has 0 atom stereocenters. The Morgan fingerprint density at radius 2 is 1.96 bits per heavy atom. The number of aryl methyl sites for hydroxylation is 1. The number of carbonyl (C=O) groups is 1. The maximum absolute atomic E-state index is 11.9.